The van der Waals surface area contributed by atoms with E-state index in [1.165, 1.54) is 19.1 Å². The highest BCUT2D eigenvalue weighted by molar-refractivity contribution is 6.41. The van der Waals surface area contributed by atoms with E-state index >= 15 is 0 Å². The standard InChI is InChI=1S/C27H30Cl2N4O5/c1-27(2,3)38-26(35)33-13-14(8-18(33)25(30)34)9-21-31-12-16-10-15(6-7-17(16)32-21)22-23(28)19(36-4)11-20(37-5)24(22)29/h6-7,10-12,14,18H,8-9,13H2,1-5H3,(H2,30,34)/t14-,18+/m1/s1. The fourth-order valence-corrected chi connectivity index (χ4v) is 5.30. The monoisotopic (exact) mass is 560 g/mol. The quantitative estimate of drug-likeness (QED) is 0.436. The summed E-state index contributed by atoms with van der Waals surface area (Å²) < 4.78 is 16.2. The van der Waals surface area contributed by atoms with Gasteiger partial charge < -0.3 is 19.9 Å². The highest BCUT2D eigenvalue weighted by atomic mass is 35.5. The Hall–Kier alpha value is -3.30. The maximum absolute atomic E-state index is 12.7. The highest BCUT2D eigenvalue weighted by Crippen LogP contribution is 2.46. The fourth-order valence-electron chi connectivity index (χ4n) is 4.59. The Bertz CT molecular complexity index is 1360. The van der Waals surface area contributed by atoms with Crippen molar-refractivity contribution in [2.75, 3.05) is 20.8 Å². The number of carbonyl (C=O) groups is 2. The van der Waals surface area contributed by atoms with Gasteiger partial charge >= 0.3 is 6.09 Å². The van der Waals surface area contributed by atoms with Crippen molar-refractivity contribution in [3.63, 3.8) is 0 Å². The Kier molecular flexibility index (Phi) is 7.90. The lowest BCUT2D eigenvalue weighted by molar-refractivity contribution is -0.122. The van der Waals surface area contributed by atoms with Gasteiger partial charge in [0.2, 0.25) is 5.91 Å². The van der Waals surface area contributed by atoms with Crippen molar-refractivity contribution in [3.8, 4) is 22.6 Å². The number of halogens is 2. The lowest BCUT2D eigenvalue weighted by atomic mass is 10.0. The van der Waals surface area contributed by atoms with Crippen LogP contribution in [-0.4, -0.2) is 59.3 Å². The number of methoxy groups -OCH3 is 2. The van der Waals surface area contributed by atoms with E-state index in [0.717, 1.165) is 16.5 Å². The average molecular weight is 561 g/mol. The van der Waals surface area contributed by atoms with Crippen LogP contribution in [0.2, 0.25) is 10.0 Å². The summed E-state index contributed by atoms with van der Waals surface area (Å²) in [6.45, 7) is 5.66. The van der Waals surface area contributed by atoms with E-state index in [1.54, 1.807) is 33.0 Å². The SMILES string of the molecule is COc1cc(OC)c(Cl)c(-c2ccc3nc(C[C@H]4C[C@@H](C(N)=O)N(C(=O)OC(C)(C)C)C4)ncc3c2)c1Cl. The number of primary amides is 1. The molecule has 4 rings (SSSR count). The summed E-state index contributed by atoms with van der Waals surface area (Å²) in [5.74, 6) is 0.890. The first-order chi connectivity index (χ1) is 17.9. The number of nitrogens with zero attached hydrogens (tertiary/aromatic N) is 3. The molecule has 38 heavy (non-hydrogen) atoms. The van der Waals surface area contributed by atoms with Crippen LogP contribution in [0.4, 0.5) is 4.79 Å². The Labute approximate surface area is 231 Å². The molecule has 3 aromatic rings. The molecule has 0 saturated carbocycles. The zero-order valence-corrected chi connectivity index (χ0v) is 23.4. The van der Waals surface area contributed by atoms with Crippen molar-refractivity contribution in [1.82, 2.24) is 14.9 Å². The molecule has 0 radical (unpaired) electrons. The summed E-state index contributed by atoms with van der Waals surface area (Å²) in [7, 11) is 3.05. The fraction of sp³-hybridized carbons (Fsp3) is 0.407. The lowest BCUT2D eigenvalue weighted by Gasteiger charge is -2.27. The van der Waals surface area contributed by atoms with Crippen LogP contribution in [0.5, 0.6) is 11.5 Å². The topological polar surface area (TPSA) is 117 Å². The first-order valence-electron chi connectivity index (χ1n) is 12.1. The van der Waals surface area contributed by atoms with Gasteiger partial charge in [0.05, 0.1) is 29.8 Å². The molecule has 1 aliphatic rings. The molecule has 202 valence electrons. The molecule has 0 spiro atoms. The van der Waals surface area contributed by atoms with E-state index in [9.17, 15) is 9.59 Å². The Morgan fingerprint density at radius 3 is 2.34 bits per heavy atom. The molecule has 1 fully saturated rings. The number of nitrogens with two attached hydrogens (primary N) is 1. The lowest BCUT2D eigenvalue weighted by Crippen LogP contribution is -2.45. The van der Waals surface area contributed by atoms with Crippen molar-refractivity contribution in [2.45, 2.75) is 45.3 Å². The minimum atomic E-state index is -0.729. The van der Waals surface area contributed by atoms with Gasteiger partial charge in [-0.15, -0.1) is 0 Å². The highest BCUT2D eigenvalue weighted by Gasteiger charge is 2.40. The number of benzene rings is 2. The number of fused-ring (bicyclic) bond motifs is 1. The van der Waals surface area contributed by atoms with Gasteiger partial charge in [0, 0.05) is 36.2 Å². The number of ether oxygens (including phenoxy) is 3. The van der Waals surface area contributed by atoms with Crippen molar-refractivity contribution < 1.29 is 23.8 Å². The van der Waals surface area contributed by atoms with E-state index in [4.69, 9.17) is 48.1 Å². The van der Waals surface area contributed by atoms with Crippen molar-refractivity contribution in [1.29, 1.82) is 0 Å². The number of hydrogen-bond acceptors (Lipinski definition) is 7. The molecule has 2 heterocycles. The first-order valence-corrected chi connectivity index (χ1v) is 12.8. The van der Waals surface area contributed by atoms with E-state index in [1.807, 2.05) is 18.2 Å². The predicted molar refractivity (Wildman–Crippen MR) is 146 cm³/mol. The van der Waals surface area contributed by atoms with Gasteiger partial charge in [-0.1, -0.05) is 29.3 Å². The van der Waals surface area contributed by atoms with Crippen LogP contribution < -0.4 is 15.2 Å². The van der Waals surface area contributed by atoms with Crippen LogP contribution in [0.25, 0.3) is 22.0 Å². The molecule has 2 amide bonds. The molecule has 11 heteroatoms. The number of carbonyl (C=O) groups excluding carboxylic acids is 2. The number of likely N-dealkylation sites (tertiary alicyclic amines) is 1. The van der Waals surface area contributed by atoms with Gasteiger partial charge in [-0.05, 0) is 50.8 Å². The molecule has 0 unspecified atom stereocenters. The Morgan fingerprint density at radius 2 is 1.76 bits per heavy atom. The number of hydrogen-bond donors (Lipinski definition) is 1. The molecular weight excluding hydrogens is 531 g/mol. The maximum Gasteiger partial charge on any atom is 0.410 e. The molecule has 1 saturated heterocycles. The second-order valence-electron chi connectivity index (χ2n) is 10.2. The molecule has 1 aliphatic heterocycles. The Balaban J connectivity index is 1.58. The van der Waals surface area contributed by atoms with Gasteiger partial charge in [0.25, 0.3) is 0 Å². The molecule has 0 aliphatic carbocycles. The molecule has 2 aromatic carbocycles. The Morgan fingerprint density at radius 1 is 1.11 bits per heavy atom. The zero-order valence-electron chi connectivity index (χ0n) is 21.9. The summed E-state index contributed by atoms with van der Waals surface area (Å²) in [6, 6.07) is 6.54. The number of rotatable bonds is 6. The number of amides is 2. The zero-order chi connectivity index (χ0) is 27.8. The van der Waals surface area contributed by atoms with E-state index in [2.05, 4.69) is 4.98 Å². The summed E-state index contributed by atoms with van der Waals surface area (Å²) >= 11 is 13.2. The number of aromatic nitrogens is 2. The van der Waals surface area contributed by atoms with Gasteiger partial charge in [-0.3, -0.25) is 9.69 Å². The molecule has 2 N–H and O–H groups in total. The second kappa shape index (κ2) is 10.8. The minimum Gasteiger partial charge on any atom is -0.495 e. The smallest absolute Gasteiger partial charge is 0.410 e. The van der Waals surface area contributed by atoms with Crippen LogP contribution in [0.1, 0.15) is 33.0 Å². The van der Waals surface area contributed by atoms with Crippen molar-refractivity contribution in [2.24, 2.45) is 11.7 Å². The summed E-state index contributed by atoms with van der Waals surface area (Å²) in [5.41, 5.74) is 6.98. The van der Waals surface area contributed by atoms with Crippen molar-refractivity contribution >= 4 is 46.1 Å². The van der Waals surface area contributed by atoms with Crippen molar-refractivity contribution in [3.05, 3.63) is 46.3 Å². The second-order valence-corrected chi connectivity index (χ2v) is 11.0. The minimum absolute atomic E-state index is 0.0430. The van der Waals surface area contributed by atoms with Crippen LogP contribution in [0.3, 0.4) is 0 Å². The van der Waals surface area contributed by atoms with Gasteiger partial charge in [-0.25, -0.2) is 14.8 Å². The largest absolute Gasteiger partial charge is 0.495 e. The van der Waals surface area contributed by atoms with Crippen LogP contribution in [0.15, 0.2) is 30.5 Å². The van der Waals surface area contributed by atoms with Crippen LogP contribution in [0, 0.1) is 5.92 Å². The van der Waals surface area contributed by atoms with Gasteiger partial charge in [0.15, 0.2) is 0 Å². The molecule has 1 aromatic heterocycles. The predicted octanol–water partition coefficient (Wildman–Crippen LogP) is 5.27. The van der Waals surface area contributed by atoms with Crippen LogP contribution in [-0.2, 0) is 16.0 Å². The average Bonchev–Trinajstić information content (AvgIpc) is 3.28. The first kappa shape index (κ1) is 27.7. The molecule has 0 bridgehead atoms. The van der Waals surface area contributed by atoms with Crippen LogP contribution >= 0.6 is 23.2 Å². The van der Waals surface area contributed by atoms with E-state index in [-0.39, 0.29) is 5.92 Å². The third kappa shape index (κ3) is 5.73. The van der Waals surface area contributed by atoms with Gasteiger partial charge in [0.1, 0.15) is 29.0 Å². The van der Waals surface area contributed by atoms with E-state index < -0.39 is 23.6 Å². The maximum atomic E-state index is 12.7. The molecular formula is C27H30Cl2N4O5. The van der Waals surface area contributed by atoms with Gasteiger partial charge in [-0.2, -0.15) is 0 Å². The summed E-state index contributed by atoms with van der Waals surface area (Å²) in [4.78, 5) is 35.3. The summed E-state index contributed by atoms with van der Waals surface area (Å²) in [6.07, 6.45) is 2.07. The molecule has 9 nitrogen and oxygen atoms in total. The molecule has 2 atom stereocenters. The third-order valence-electron chi connectivity index (χ3n) is 6.31. The summed E-state index contributed by atoms with van der Waals surface area (Å²) in [5, 5.41) is 1.53. The third-order valence-corrected chi connectivity index (χ3v) is 7.06. The van der Waals surface area contributed by atoms with E-state index in [0.29, 0.717) is 52.3 Å². The normalized spacial score (nSPS) is 17.5.